The Kier molecular flexibility index (Phi) is 4.38. The van der Waals surface area contributed by atoms with Crippen LogP contribution >= 0.6 is 34.7 Å². The summed E-state index contributed by atoms with van der Waals surface area (Å²) in [6, 6.07) is 13.7. The number of rotatable bonds is 5. The molecular formula is C16H12ClN5S2. The van der Waals surface area contributed by atoms with Crippen molar-refractivity contribution in [1.29, 1.82) is 0 Å². The molecule has 0 fully saturated rings. The number of hydrogen-bond acceptors (Lipinski definition) is 6. The van der Waals surface area contributed by atoms with Gasteiger partial charge in [-0.2, -0.15) is 0 Å². The Bertz CT molecular complexity index is 967. The van der Waals surface area contributed by atoms with Gasteiger partial charge in [0.2, 0.25) is 5.13 Å². The van der Waals surface area contributed by atoms with Gasteiger partial charge in [0.15, 0.2) is 4.34 Å². The zero-order chi connectivity index (χ0) is 16.4. The minimum atomic E-state index is 0.694. The normalized spacial score (nSPS) is 11.0. The lowest BCUT2D eigenvalue weighted by Crippen LogP contribution is -1.87. The number of thioether (sulfide) groups is 1. The molecule has 0 atom stereocenters. The summed E-state index contributed by atoms with van der Waals surface area (Å²) in [4.78, 5) is 4.57. The summed E-state index contributed by atoms with van der Waals surface area (Å²) in [7, 11) is 0. The number of nitrogens with zero attached hydrogens (tertiary/aromatic N) is 4. The average molecular weight is 374 g/mol. The van der Waals surface area contributed by atoms with Crippen LogP contribution in [-0.4, -0.2) is 19.6 Å². The number of para-hydroxylation sites is 1. The summed E-state index contributed by atoms with van der Waals surface area (Å²) < 4.78 is 2.84. The van der Waals surface area contributed by atoms with Crippen molar-refractivity contribution >= 4 is 51.2 Å². The van der Waals surface area contributed by atoms with Crippen molar-refractivity contribution in [3.05, 3.63) is 65.6 Å². The first kappa shape index (κ1) is 15.4. The Morgan fingerprint density at radius 2 is 1.96 bits per heavy atom. The Morgan fingerprint density at radius 1 is 1.08 bits per heavy atom. The van der Waals surface area contributed by atoms with Crippen molar-refractivity contribution in [2.45, 2.75) is 10.1 Å². The predicted octanol–water partition coefficient (Wildman–Crippen LogP) is 4.88. The standard InChI is InChI=1S/C16H12ClN5S2/c17-11-6-7-14-18-13(9-22(14)8-11)10-23-16-21-20-15(24-16)19-12-4-2-1-3-5-12/h1-9H,10H2,(H,19,20). The van der Waals surface area contributed by atoms with Crippen molar-refractivity contribution in [1.82, 2.24) is 19.6 Å². The molecule has 0 aliphatic carbocycles. The lowest BCUT2D eigenvalue weighted by Gasteiger charge is -1.99. The molecule has 1 aromatic carbocycles. The third kappa shape index (κ3) is 3.53. The van der Waals surface area contributed by atoms with Crippen LogP contribution in [0.2, 0.25) is 5.02 Å². The number of imidazole rings is 1. The fraction of sp³-hybridized carbons (Fsp3) is 0.0625. The third-order valence-electron chi connectivity index (χ3n) is 3.24. The quantitative estimate of drug-likeness (QED) is 0.505. The zero-order valence-electron chi connectivity index (χ0n) is 12.4. The number of fused-ring (bicyclic) bond motifs is 1. The van der Waals surface area contributed by atoms with Crippen LogP contribution in [0, 0.1) is 0 Å². The summed E-state index contributed by atoms with van der Waals surface area (Å²) in [5.74, 6) is 0.735. The number of nitrogens with one attached hydrogen (secondary N) is 1. The molecule has 0 unspecified atom stereocenters. The maximum absolute atomic E-state index is 5.99. The highest BCUT2D eigenvalue weighted by Gasteiger charge is 2.08. The van der Waals surface area contributed by atoms with Crippen molar-refractivity contribution < 1.29 is 0 Å². The number of halogens is 1. The van der Waals surface area contributed by atoms with Gasteiger partial charge in [0, 0.05) is 23.8 Å². The number of anilines is 2. The molecule has 0 amide bonds. The van der Waals surface area contributed by atoms with Crippen LogP contribution in [0.3, 0.4) is 0 Å². The molecule has 3 aromatic heterocycles. The largest absolute Gasteiger partial charge is 0.330 e. The second-order valence-electron chi connectivity index (χ2n) is 5.00. The first-order valence-electron chi connectivity index (χ1n) is 7.18. The molecule has 4 aromatic rings. The second kappa shape index (κ2) is 6.80. The van der Waals surface area contributed by atoms with Crippen molar-refractivity contribution in [3.63, 3.8) is 0 Å². The molecule has 1 N–H and O–H groups in total. The van der Waals surface area contributed by atoms with E-state index in [1.165, 1.54) is 11.3 Å². The Hall–Kier alpha value is -2.09. The molecule has 4 rings (SSSR count). The smallest absolute Gasteiger partial charge is 0.210 e. The van der Waals surface area contributed by atoms with Gasteiger partial charge in [0.1, 0.15) is 5.65 Å². The van der Waals surface area contributed by atoms with Gasteiger partial charge in [0.05, 0.1) is 10.7 Å². The summed E-state index contributed by atoms with van der Waals surface area (Å²) in [5, 5.41) is 13.1. The van der Waals surface area contributed by atoms with E-state index in [-0.39, 0.29) is 0 Å². The number of aromatic nitrogens is 4. The number of pyridine rings is 1. The van der Waals surface area contributed by atoms with Crippen LogP contribution in [0.25, 0.3) is 5.65 Å². The summed E-state index contributed by atoms with van der Waals surface area (Å²) in [6.07, 6.45) is 3.84. The molecule has 3 heterocycles. The lowest BCUT2D eigenvalue weighted by molar-refractivity contribution is 1.01. The van der Waals surface area contributed by atoms with Gasteiger partial charge in [-0.3, -0.25) is 0 Å². The first-order chi connectivity index (χ1) is 11.8. The van der Waals surface area contributed by atoms with Crippen molar-refractivity contribution in [2.24, 2.45) is 0 Å². The van der Waals surface area contributed by atoms with E-state index in [1.54, 1.807) is 11.8 Å². The molecule has 0 saturated carbocycles. The lowest BCUT2D eigenvalue weighted by atomic mass is 10.3. The molecule has 0 spiro atoms. The average Bonchev–Trinajstić information content (AvgIpc) is 3.20. The fourth-order valence-corrected chi connectivity index (χ4v) is 4.01. The van der Waals surface area contributed by atoms with Crippen molar-refractivity contribution in [3.8, 4) is 0 Å². The van der Waals surface area contributed by atoms with Gasteiger partial charge in [-0.1, -0.05) is 52.9 Å². The van der Waals surface area contributed by atoms with E-state index < -0.39 is 0 Å². The molecule has 8 heteroatoms. The van der Waals surface area contributed by atoms with Crippen molar-refractivity contribution in [2.75, 3.05) is 5.32 Å². The van der Waals surface area contributed by atoms with E-state index in [4.69, 9.17) is 11.6 Å². The van der Waals surface area contributed by atoms with E-state index in [2.05, 4.69) is 20.5 Å². The fourth-order valence-electron chi connectivity index (χ4n) is 2.19. The maximum Gasteiger partial charge on any atom is 0.210 e. The molecule has 24 heavy (non-hydrogen) atoms. The SMILES string of the molecule is Clc1ccc2nc(CSc3nnc(Nc4ccccc4)s3)cn2c1. The van der Waals surface area contributed by atoms with E-state index in [0.717, 1.165) is 32.3 Å². The van der Waals surface area contributed by atoms with Gasteiger partial charge in [0.25, 0.3) is 0 Å². The van der Waals surface area contributed by atoms with Gasteiger partial charge < -0.3 is 9.72 Å². The minimum Gasteiger partial charge on any atom is -0.330 e. The highest BCUT2D eigenvalue weighted by atomic mass is 35.5. The summed E-state index contributed by atoms with van der Waals surface area (Å²) in [5.41, 5.74) is 2.87. The van der Waals surface area contributed by atoms with Gasteiger partial charge in [-0.05, 0) is 24.3 Å². The monoisotopic (exact) mass is 373 g/mol. The Balaban J connectivity index is 1.42. The summed E-state index contributed by atoms with van der Waals surface area (Å²) in [6.45, 7) is 0. The molecule has 5 nitrogen and oxygen atoms in total. The van der Waals surface area contributed by atoms with E-state index in [0.29, 0.717) is 5.02 Å². The van der Waals surface area contributed by atoms with Gasteiger partial charge >= 0.3 is 0 Å². The maximum atomic E-state index is 5.99. The van der Waals surface area contributed by atoms with E-state index in [9.17, 15) is 0 Å². The highest BCUT2D eigenvalue weighted by molar-refractivity contribution is 8.00. The van der Waals surface area contributed by atoms with E-state index in [1.807, 2.05) is 59.3 Å². The van der Waals surface area contributed by atoms with E-state index >= 15 is 0 Å². The van der Waals surface area contributed by atoms with Crippen LogP contribution in [0.1, 0.15) is 5.69 Å². The molecule has 0 radical (unpaired) electrons. The number of benzene rings is 1. The molecular weight excluding hydrogens is 362 g/mol. The molecule has 0 bridgehead atoms. The zero-order valence-corrected chi connectivity index (χ0v) is 14.8. The molecule has 0 saturated heterocycles. The summed E-state index contributed by atoms with van der Waals surface area (Å²) >= 11 is 9.14. The molecule has 0 aliphatic rings. The van der Waals surface area contributed by atoms with Crippen LogP contribution in [0.15, 0.2) is 59.2 Å². The molecule has 120 valence electrons. The first-order valence-corrected chi connectivity index (χ1v) is 9.36. The van der Waals surface area contributed by atoms with Crippen LogP contribution in [-0.2, 0) is 5.75 Å². The molecule has 0 aliphatic heterocycles. The van der Waals surface area contributed by atoms with Gasteiger partial charge in [-0.25, -0.2) is 4.98 Å². The third-order valence-corrected chi connectivity index (χ3v) is 5.47. The van der Waals surface area contributed by atoms with Crippen LogP contribution in [0.4, 0.5) is 10.8 Å². The Labute approximate surface area is 151 Å². The van der Waals surface area contributed by atoms with Crippen LogP contribution in [0.5, 0.6) is 0 Å². The predicted molar refractivity (Wildman–Crippen MR) is 99.4 cm³/mol. The van der Waals surface area contributed by atoms with Gasteiger partial charge in [-0.15, -0.1) is 10.2 Å². The Morgan fingerprint density at radius 3 is 2.83 bits per heavy atom. The highest BCUT2D eigenvalue weighted by Crippen LogP contribution is 2.29. The van der Waals surface area contributed by atoms with Crippen LogP contribution < -0.4 is 5.32 Å². The topological polar surface area (TPSA) is 55.1 Å². The minimum absolute atomic E-state index is 0.694. The number of hydrogen-bond donors (Lipinski definition) is 1. The second-order valence-corrected chi connectivity index (χ2v) is 7.63.